The van der Waals surface area contributed by atoms with Gasteiger partial charge in [-0.15, -0.1) is 0 Å². The molecule has 0 bridgehead atoms. The molecule has 1 unspecified atom stereocenters. The largest absolute Gasteiger partial charge is 0.351 e. The molecular formula is C28H30N4O3. The summed E-state index contributed by atoms with van der Waals surface area (Å²) in [6.07, 6.45) is 6.79. The predicted octanol–water partition coefficient (Wildman–Crippen LogP) is 4.88. The van der Waals surface area contributed by atoms with Crippen LogP contribution in [0.2, 0.25) is 0 Å². The summed E-state index contributed by atoms with van der Waals surface area (Å²) in [5.74, 6) is -0.794. The van der Waals surface area contributed by atoms with Crippen molar-refractivity contribution in [2.24, 2.45) is 0 Å². The summed E-state index contributed by atoms with van der Waals surface area (Å²) in [6, 6.07) is 20.6. The van der Waals surface area contributed by atoms with Crippen molar-refractivity contribution in [1.82, 2.24) is 10.3 Å². The Morgan fingerprint density at radius 1 is 0.886 bits per heavy atom. The second-order valence-corrected chi connectivity index (χ2v) is 8.77. The number of carbonyl (C=O) groups excluding carboxylic acids is 3. The van der Waals surface area contributed by atoms with Gasteiger partial charge >= 0.3 is 0 Å². The van der Waals surface area contributed by atoms with Crippen molar-refractivity contribution in [3.05, 3.63) is 90.3 Å². The van der Waals surface area contributed by atoms with Gasteiger partial charge in [-0.05, 0) is 54.8 Å². The number of amides is 3. The zero-order chi connectivity index (χ0) is 24.6. The Hall–Kier alpha value is -4.00. The Balaban J connectivity index is 1.76. The smallest absolute Gasteiger partial charge is 0.277 e. The molecule has 7 nitrogen and oxygen atoms in total. The molecule has 180 valence electrons. The number of hydrogen-bond donors (Lipinski definition) is 2. The van der Waals surface area contributed by atoms with Crippen molar-refractivity contribution >= 4 is 29.1 Å². The number of carbonyl (C=O) groups is 3. The van der Waals surface area contributed by atoms with E-state index < -0.39 is 6.04 Å². The van der Waals surface area contributed by atoms with Crippen molar-refractivity contribution in [3.8, 4) is 0 Å². The van der Waals surface area contributed by atoms with E-state index in [9.17, 15) is 14.4 Å². The standard InChI is InChI=1S/C28H30N4O3/c1-20(33)30-23-15-17-24(18-16-23)32(28(35)25-14-8-9-19-29-25)26(21-10-4-2-5-11-21)27(34)31-22-12-6-3-7-13-22/h2,4-5,8-11,14-19,22,26H,3,6-7,12-13H2,1H3,(H,30,33)(H,31,34). The molecule has 2 N–H and O–H groups in total. The first-order valence-corrected chi connectivity index (χ1v) is 12.0. The van der Waals surface area contributed by atoms with Gasteiger partial charge in [-0.1, -0.05) is 55.7 Å². The Kier molecular flexibility index (Phi) is 7.88. The van der Waals surface area contributed by atoms with E-state index in [1.165, 1.54) is 18.2 Å². The molecule has 1 fully saturated rings. The first kappa shape index (κ1) is 24.1. The van der Waals surface area contributed by atoms with Crippen LogP contribution in [0.4, 0.5) is 11.4 Å². The van der Waals surface area contributed by atoms with Crippen LogP contribution in [-0.4, -0.2) is 28.7 Å². The lowest BCUT2D eigenvalue weighted by Crippen LogP contribution is -2.47. The molecule has 0 radical (unpaired) electrons. The fourth-order valence-electron chi connectivity index (χ4n) is 4.48. The molecule has 35 heavy (non-hydrogen) atoms. The molecule has 3 aromatic rings. The maximum Gasteiger partial charge on any atom is 0.277 e. The summed E-state index contributed by atoms with van der Waals surface area (Å²) in [7, 11) is 0. The molecule has 1 heterocycles. The van der Waals surface area contributed by atoms with Crippen LogP contribution < -0.4 is 15.5 Å². The summed E-state index contributed by atoms with van der Waals surface area (Å²) in [5.41, 5.74) is 2.08. The highest BCUT2D eigenvalue weighted by Gasteiger charge is 2.35. The van der Waals surface area contributed by atoms with Gasteiger partial charge in [0, 0.05) is 30.5 Å². The number of pyridine rings is 1. The predicted molar refractivity (Wildman–Crippen MR) is 136 cm³/mol. The van der Waals surface area contributed by atoms with Crippen LogP contribution >= 0.6 is 0 Å². The third-order valence-electron chi connectivity index (χ3n) is 6.14. The first-order chi connectivity index (χ1) is 17.0. The van der Waals surface area contributed by atoms with Crippen molar-refractivity contribution in [1.29, 1.82) is 0 Å². The fraction of sp³-hybridized carbons (Fsp3) is 0.286. The van der Waals surface area contributed by atoms with Gasteiger partial charge in [0.25, 0.3) is 5.91 Å². The Labute approximate surface area is 205 Å². The molecule has 3 amide bonds. The third kappa shape index (κ3) is 6.12. The molecule has 4 rings (SSSR count). The lowest BCUT2D eigenvalue weighted by atomic mass is 9.94. The van der Waals surface area contributed by atoms with Crippen molar-refractivity contribution in [2.45, 2.75) is 51.1 Å². The fourth-order valence-corrected chi connectivity index (χ4v) is 4.48. The van der Waals surface area contributed by atoms with E-state index in [0.29, 0.717) is 16.9 Å². The molecule has 7 heteroatoms. The Morgan fingerprint density at radius 3 is 2.20 bits per heavy atom. The second kappa shape index (κ2) is 11.4. The highest BCUT2D eigenvalue weighted by atomic mass is 16.2. The minimum Gasteiger partial charge on any atom is -0.351 e. The number of rotatable bonds is 7. The van der Waals surface area contributed by atoms with Gasteiger partial charge < -0.3 is 10.6 Å². The molecule has 1 aromatic heterocycles. The number of nitrogens with one attached hydrogen (secondary N) is 2. The average molecular weight is 471 g/mol. The Bertz CT molecular complexity index is 1140. The number of aromatic nitrogens is 1. The van der Waals surface area contributed by atoms with Gasteiger partial charge in [-0.25, -0.2) is 0 Å². The first-order valence-electron chi connectivity index (χ1n) is 12.0. The van der Waals surface area contributed by atoms with Gasteiger partial charge in [0.1, 0.15) is 11.7 Å². The summed E-state index contributed by atoms with van der Waals surface area (Å²) < 4.78 is 0. The minimum absolute atomic E-state index is 0.0939. The van der Waals surface area contributed by atoms with Gasteiger partial charge in [-0.2, -0.15) is 0 Å². The molecule has 1 saturated carbocycles. The van der Waals surface area contributed by atoms with Gasteiger partial charge in [0.05, 0.1) is 0 Å². The summed E-state index contributed by atoms with van der Waals surface area (Å²) >= 11 is 0. The topological polar surface area (TPSA) is 91.4 Å². The maximum atomic E-state index is 13.8. The van der Waals surface area contributed by atoms with E-state index in [2.05, 4.69) is 15.6 Å². The molecule has 0 spiro atoms. The van der Waals surface area contributed by atoms with E-state index in [4.69, 9.17) is 0 Å². The van der Waals surface area contributed by atoms with Crippen LogP contribution in [0.25, 0.3) is 0 Å². The number of anilines is 2. The SMILES string of the molecule is CC(=O)Nc1ccc(N(C(=O)c2ccccn2)C(C(=O)NC2CCCCC2)c2ccccc2)cc1. The third-order valence-corrected chi connectivity index (χ3v) is 6.14. The van der Waals surface area contributed by atoms with Gasteiger partial charge in [-0.3, -0.25) is 24.3 Å². The molecular weight excluding hydrogens is 440 g/mol. The summed E-state index contributed by atoms with van der Waals surface area (Å²) in [6.45, 7) is 1.44. The molecule has 1 atom stereocenters. The van der Waals surface area contributed by atoms with Gasteiger partial charge in [0.15, 0.2) is 0 Å². The van der Waals surface area contributed by atoms with E-state index in [1.54, 1.807) is 48.7 Å². The average Bonchev–Trinajstić information content (AvgIpc) is 2.88. The van der Waals surface area contributed by atoms with Crippen LogP contribution in [0.3, 0.4) is 0 Å². The van der Waals surface area contributed by atoms with Crippen molar-refractivity contribution < 1.29 is 14.4 Å². The summed E-state index contributed by atoms with van der Waals surface area (Å²) in [4.78, 5) is 44.8. The van der Waals surface area contributed by atoms with E-state index in [-0.39, 0.29) is 29.5 Å². The lowest BCUT2D eigenvalue weighted by Gasteiger charge is -2.33. The van der Waals surface area contributed by atoms with Crippen molar-refractivity contribution in [3.63, 3.8) is 0 Å². The van der Waals surface area contributed by atoms with Crippen LogP contribution in [0, 0.1) is 0 Å². The zero-order valence-corrected chi connectivity index (χ0v) is 19.8. The maximum absolute atomic E-state index is 13.8. The molecule has 0 aliphatic heterocycles. The minimum atomic E-state index is -0.890. The summed E-state index contributed by atoms with van der Waals surface area (Å²) in [5, 5.41) is 5.94. The van der Waals surface area contributed by atoms with Crippen LogP contribution in [0.5, 0.6) is 0 Å². The molecule has 2 aromatic carbocycles. The van der Waals surface area contributed by atoms with Gasteiger partial charge in [0.2, 0.25) is 11.8 Å². The molecule has 1 aliphatic rings. The van der Waals surface area contributed by atoms with Crippen LogP contribution in [0.15, 0.2) is 79.0 Å². The quantitative estimate of drug-likeness (QED) is 0.515. The number of benzene rings is 2. The van der Waals surface area contributed by atoms with Crippen LogP contribution in [0.1, 0.15) is 61.1 Å². The van der Waals surface area contributed by atoms with E-state index in [1.807, 2.05) is 30.3 Å². The van der Waals surface area contributed by atoms with Crippen molar-refractivity contribution in [2.75, 3.05) is 10.2 Å². The Morgan fingerprint density at radius 2 is 1.57 bits per heavy atom. The highest BCUT2D eigenvalue weighted by molar-refractivity contribution is 6.09. The second-order valence-electron chi connectivity index (χ2n) is 8.77. The molecule has 1 aliphatic carbocycles. The monoisotopic (exact) mass is 470 g/mol. The number of nitrogens with zero attached hydrogens (tertiary/aromatic N) is 2. The zero-order valence-electron chi connectivity index (χ0n) is 19.8. The van der Waals surface area contributed by atoms with E-state index >= 15 is 0 Å². The lowest BCUT2D eigenvalue weighted by molar-refractivity contribution is -0.123. The van der Waals surface area contributed by atoms with Crippen LogP contribution in [-0.2, 0) is 9.59 Å². The van der Waals surface area contributed by atoms with E-state index in [0.717, 1.165) is 25.7 Å². The number of hydrogen-bond acceptors (Lipinski definition) is 4. The highest BCUT2D eigenvalue weighted by Crippen LogP contribution is 2.31. The molecule has 0 saturated heterocycles. The normalized spacial score (nSPS) is 14.5.